The van der Waals surface area contributed by atoms with Crippen molar-refractivity contribution in [3.8, 4) is 11.8 Å². The molecule has 0 aliphatic rings. The minimum atomic E-state index is -0.765. The summed E-state index contributed by atoms with van der Waals surface area (Å²) >= 11 is 0. The molecule has 0 bridgehead atoms. The Balaban J connectivity index is 3.21. The highest BCUT2D eigenvalue weighted by Crippen LogP contribution is 2.16. The smallest absolute Gasteiger partial charge is 0.143 e. The fraction of sp³-hybridized carbons (Fsp3) is 0.111. The van der Waals surface area contributed by atoms with Gasteiger partial charge in [-0.1, -0.05) is 11.8 Å². The number of halogens is 2. The van der Waals surface area contributed by atoms with Gasteiger partial charge in [0.15, 0.2) is 0 Å². The molecule has 0 spiro atoms. The van der Waals surface area contributed by atoms with Gasteiger partial charge in [-0.05, 0) is 6.07 Å². The monoisotopic (exact) mass is 182 g/mol. The van der Waals surface area contributed by atoms with Crippen LogP contribution in [0.1, 0.15) is 5.56 Å². The molecule has 0 amide bonds. The van der Waals surface area contributed by atoms with E-state index in [0.717, 1.165) is 12.1 Å². The van der Waals surface area contributed by atoms with E-state index >= 15 is 0 Å². The molecule has 1 rings (SSSR count). The highest BCUT2D eigenvalue weighted by Gasteiger charge is 2.05. The first-order chi connectivity index (χ1) is 6.15. The van der Waals surface area contributed by atoms with Crippen molar-refractivity contribution >= 4 is 5.69 Å². The summed E-state index contributed by atoms with van der Waals surface area (Å²) in [5.74, 6) is 3.39. The fourth-order valence-corrected chi connectivity index (χ4v) is 0.865. The second-order valence-electron chi connectivity index (χ2n) is 2.36. The van der Waals surface area contributed by atoms with Gasteiger partial charge >= 0.3 is 0 Å². The van der Waals surface area contributed by atoms with Gasteiger partial charge in [-0.2, -0.15) is 0 Å². The predicted octanol–water partition coefficient (Wildman–Crippen LogP) is 0.857. The molecule has 4 N–H and O–H groups in total. The van der Waals surface area contributed by atoms with Crippen LogP contribution in [0.4, 0.5) is 14.5 Å². The van der Waals surface area contributed by atoms with Gasteiger partial charge in [-0.25, -0.2) is 8.78 Å². The second kappa shape index (κ2) is 3.87. The van der Waals surface area contributed by atoms with E-state index in [1.165, 1.54) is 0 Å². The van der Waals surface area contributed by atoms with Crippen LogP contribution < -0.4 is 11.5 Å². The van der Waals surface area contributed by atoms with E-state index in [1.54, 1.807) is 0 Å². The van der Waals surface area contributed by atoms with E-state index in [1.807, 2.05) is 0 Å². The summed E-state index contributed by atoms with van der Waals surface area (Å²) in [6.45, 7) is 0.107. The summed E-state index contributed by atoms with van der Waals surface area (Å²) < 4.78 is 25.5. The topological polar surface area (TPSA) is 52.0 Å². The van der Waals surface area contributed by atoms with Gasteiger partial charge in [0, 0.05) is 6.07 Å². The zero-order chi connectivity index (χ0) is 9.84. The highest BCUT2D eigenvalue weighted by molar-refractivity contribution is 5.56. The van der Waals surface area contributed by atoms with E-state index in [0.29, 0.717) is 0 Å². The van der Waals surface area contributed by atoms with Gasteiger partial charge in [-0.3, -0.25) is 0 Å². The van der Waals surface area contributed by atoms with Crippen LogP contribution in [0.25, 0.3) is 0 Å². The maximum Gasteiger partial charge on any atom is 0.143 e. The van der Waals surface area contributed by atoms with Crippen LogP contribution in [0.5, 0.6) is 0 Å². The van der Waals surface area contributed by atoms with Gasteiger partial charge in [0.2, 0.25) is 0 Å². The Morgan fingerprint density at radius 3 is 2.54 bits per heavy atom. The number of anilines is 1. The first kappa shape index (κ1) is 9.49. The van der Waals surface area contributed by atoms with Crippen LogP contribution in [0.2, 0.25) is 0 Å². The zero-order valence-corrected chi connectivity index (χ0v) is 6.77. The number of hydrogen-bond donors (Lipinski definition) is 2. The average molecular weight is 182 g/mol. The molecule has 2 nitrogen and oxygen atoms in total. The van der Waals surface area contributed by atoms with Crippen molar-refractivity contribution in [1.29, 1.82) is 0 Å². The SMILES string of the molecule is NCC#Cc1c(N)cc(F)cc1F. The molecule has 0 saturated carbocycles. The molecule has 0 saturated heterocycles. The summed E-state index contributed by atoms with van der Waals surface area (Å²) in [7, 11) is 0. The molecule has 1 aromatic rings. The summed E-state index contributed by atoms with van der Waals surface area (Å²) in [6, 6.07) is 1.75. The summed E-state index contributed by atoms with van der Waals surface area (Å²) in [5, 5.41) is 0. The number of hydrogen-bond acceptors (Lipinski definition) is 2. The molecular formula is C9H8F2N2. The Kier molecular flexibility index (Phi) is 2.83. The van der Waals surface area contributed by atoms with Gasteiger partial charge < -0.3 is 11.5 Å². The van der Waals surface area contributed by atoms with Gasteiger partial charge in [0.25, 0.3) is 0 Å². The van der Waals surface area contributed by atoms with Crippen LogP contribution in [-0.2, 0) is 0 Å². The molecule has 0 aliphatic heterocycles. The molecule has 0 heterocycles. The summed E-state index contributed by atoms with van der Waals surface area (Å²) in [5.41, 5.74) is 10.4. The lowest BCUT2D eigenvalue weighted by Crippen LogP contribution is -1.98. The van der Waals surface area contributed by atoms with Crippen molar-refractivity contribution in [3.63, 3.8) is 0 Å². The van der Waals surface area contributed by atoms with Crippen LogP contribution in [0.3, 0.4) is 0 Å². The first-order valence-electron chi connectivity index (χ1n) is 3.58. The lowest BCUT2D eigenvalue weighted by atomic mass is 10.1. The van der Waals surface area contributed by atoms with E-state index in [-0.39, 0.29) is 17.8 Å². The molecule has 1 aromatic carbocycles. The number of benzene rings is 1. The normalized spacial score (nSPS) is 9.15. The van der Waals surface area contributed by atoms with E-state index in [2.05, 4.69) is 11.8 Å². The fourth-order valence-electron chi connectivity index (χ4n) is 0.865. The maximum absolute atomic E-state index is 13.0. The Morgan fingerprint density at radius 1 is 1.31 bits per heavy atom. The second-order valence-corrected chi connectivity index (χ2v) is 2.36. The predicted molar refractivity (Wildman–Crippen MR) is 46.7 cm³/mol. The third-order valence-corrected chi connectivity index (χ3v) is 1.40. The third-order valence-electron chi connectivity index (χ3n) is 1.40. The number of rotatable bonds is 0. The van der Waals surface area contributed by atoms with Crippen molar-refractivity contribution in [2.45, 2.75) is 0 Å². The minimum Gasteiger partial charge on any atom is -0.398 e. The molecular weight excluding hydrogens is 174 g/mol. The Bertz CT molecular complexity index is 354. The lowest BCUT2D eigenvalue weighted by molar-refractivity contribution is 0.582. The lowest BCUT2D eigenvalue weighted by Gasteiger charge is -1.99. The Morgan fingerprint density at radius 2 is 2.00 bits per heavy atom. The van der Waals surface area contributed by atoms with Crippen molar-refractivity contribution in [2.24, 2.45) is 5.73 Å². The summed E-state index contributed by atoms with van der Waals surface area (Å²) in [6.07, 6.45) is 0. The highest BCUT2D eigenvalue weighted by atomic mass is 19.1. The molecule has 0 aliphatic carbocycles. The number of nitrogen functional groups attached to an aromatic ring is 1. The molecule has 68 valence electrons. The van der Waals surface area contributed by atoms with Crippen LogP contribution in [0, 0.1) is 23.5 Å². The van der Waals surface area contributed by atoms with Crippen LogP contribution >= 0.6 is 0 Å². The third kappa shape index (κ3) is 2.17. The van der Waals surface area contributed by atoms with Crippen molar-refractivity contribution in [3.05, 3.63) is 29.3 Å². The molecule has 13 heavy (non-hydrogen) atoms. The van der Waals surface area contributed by atoms with Crippen molar-refractivity contribution in [2.75, 3.05) is 12.3 Å². The van der Waals surface area contributed by atoms with Crippen LogP contribution in [0.15, 0.2) is 12.1 Å². The molecule has 0 radical (unpaired) electrons. The quantitative estimate of drug-likeness (QED) is 0.461. The average Bonchev–Trinajstić information content (AvgIpc) is 2.02. The largest absolute Gasteiger partial charge is 0.398 e. The molecule has 0 aromatic heterocycles. The zero-order valence-electron chi connectivity index (χ0n) is 6.77. The molecule has 0 unspecified atom stereocenters. The van der Waals surface area contributed by atoms with Crippen molar-refractivity contribution in [1.82, 2.24) is 0 Å². The van der Waals surface area contributed by atoms with Gasteiger partial charge in [0.05, 0.1) is 17.8 Å². The maximum atomic E-state index is 13.0. The Labute approximate surface area is 74.5 Å². The van der Waals surface area contributed by atoms with E-state index in [4.69, 9.17) is 11.5 Å². The van der Waals surface area contributed by atoms with E-state index < -0.39 is 11.6 Å². The van der Waals surface area contributed by atoms with Gasteiger partial charge in [0.1, 0.15) is 11.6 Å². The first-order valence-corrected chi connectivity index (χ1v) is 3.58. The van der Waals surface area contributed by atoms with Crippen LogP contribution in [-0.4, -0.2) is 6.54 Å². The standard InChI is InChI=1S/C9H8F2N2/c10-6-4-8(11)7(2-1-3-12)9(13)5-6/h4-5H,3,12-13H2. The Hall–Kier alpha value is -1.60. The minimum absolute atomic E-state index is 0.00755. The van der Waals surface area contributed by atoms with Crippen molar-refractivity contribution < 1.29 is 8.78 Å². The van der Waals surface area contributed by atoms with Gasteiger partial charge in [-0.15, -0.1) is 0 Å². The summed E-state index contributed by atoms with van der Waals surface area (Å²) in [4.78, 5) is 0. The molecule has 0 fully saturated rings. The van der Waals surface area contributed by atoms with E-state index in [9.17, 15) is 8.78 Å². The molecule has 4 heteroatoms. The molecule has 0 atom stereocenters. The number of nitrogens with two attached hydrogens (primary N) is 2.